The standard InChI is InChI=1S/C15H25N7O/c1-4-13-18-19-14(21(13)2)9-22-8-6-5-7-11(22)15-16-12(10-23-3)17-20-15/h11H,4-10H2,1-3H3,(H,16,17,20). The molecule has 2 aromatic rings. The highest BCUT2D eigenvalue weighted by molar-refractivity contribution is 5.01. The summed E-state index contributed by atoms with van der Waals surface area (Å²) < 4.78 is 7.21. The molecule has 1 fully saturated rings. The quantitative estimate of drug-likeness (QED) is 0.865. The summed E-state index contributed by atoms with van der Waals surface area (Å²) >= 11 is 0. The first kappa shape index (κ1) is 16.1. The third-order valence-electron chi connectivity index (χ3n) is 4.46. The minimum absolute atomic E-state index is 0.229. The Kier molecular flexibility index (Phi) is 5.02. The molecule has 8 nitrogen and oxygen atoms in total. The Bertz CT molecular complexity index is 636. The summed E-state index contributed by atoms with van der Waals surface area (Å²) in [5.41, 5.74) is 0. The second-order valence-electron chi connectivity index (χ2n) is 6.00. The zero-order valence-electron chi connectivity index (χ0n) is 14.1. The number of nitrogens with one attached hydrogen (secondary N) is 1. The normalized spacial score (nSPS) is 19.3. The summed E-state index contributed by atoms with van der Waals surface area (Å²) in [6.07, 6.45) is 4.37. The smallest absolute Gasteiger partial charge is 0.167 e. The van der Waals surface area contributed by atoms with Crippen molar-refractivity contribution < 1.29 is 4.74 Å². The molecule has 0 radical (unpaired) electrons. The number of likely N-dealkylation sites (tertiary alicyclic amines) is 1. The average molecular weight is 319 g/mol. The molecule has 1 aliphatic heterocycles. The molecule has 1 atom stereocenters. The highest BCUT2D eigenvalue weighted by Crippen LogP contribution is 2.30. The van der Waals surface area contributed by atoms with Crippen LogP contribution in [-0.2, 0) is 31.4 Å². The van der Waals surface area contributed by atoms with Crippen molar-refractivity contribution in [3.05, 3.63) is 23.3 Å². The van der Waals surface area contributed by atoms with E-state index in [0.717, 1.165) is 49.2 Å². The molecule has 0 saturated carbocycles. The van der Waals surface area contributed by atoms with Crippen molar-refractivity contribution in [3.63, 3.8) is 0 Å². The molecule has 0 aliphatic carbocycles. The van der Waals surface area contributed by atoms with E-state index in [9.17, 15) is 0 Å². The summed E-state index contributed by atoms with van der Waals surface area (Å²) in [5, 5.41) is 16.0. The van der Waals surface area contributed by atoms with Crippen LogP contribution >= 0.6 is 0 Å². The number of aromatic nitrogens is 6. The van der Waals surface area contributed by atoms with Crippen LogP contribution in [-0.4, -0.2) is 48.5 Å². The Morgan fingerprint density at radius 3 is 2.83 bits per heavy atom. The summed E-state index contributed by atoms with van der Waals surface area (Å²) in [6, 6.07) is 0.229. The van der Waals surface area contributed by atoms with Gasteiger partial charge in [-0.2, -0.15) is 5.10 Å². The number of hydrogen-bond acceptors (Lipinski definition) is 6. The van der Waals surface area contributed by atoms with Crippen LogP contribution in [0.5, 0.6) is 0 Å². The van der Waals surface area contributed by atoms with E-state index in [0.29, 0.717) is 6.61 Å². The van der Waals surface area contributed by atoms with Crippen LogP contribution in [0.4, 0.5) is 0 Å². The van der Waals surface area contributed by atoms with Gasteiger partial charge in [0.1, 0.15) is 18.3 Å². The third kappa shape index (κ3) is 3.42. The van der Waals surface area contributed by atoms with Crippen LogP contribution in [0.3, 0.4) is 0 Å². The number of nitrogens with zero attached hydrogens (tertiary/aromatic N) is 6. The number of methoxy groups -OCH3 is 1. The maximum Gasteiger partial charge on any atom is 0.167 e. The Morgan fingerprint density at radius 1 is 1.26 bits per heavy atom. The fourth-order valence-electron chi connectivity index (χ4n) is 3.16. The van der Waals surface area contributed by atoms with Gasteiger partial charge in [-0.3, -0.25) is 10.00 Å². The van der Waals surface area contributed by atoms with Crippen LogP contribution < -0.4 is 0 Å². The van der Waals surface area contributed by atoms with E-state index in [1.165, 1.54) is 12.8 Å². The molecule has 3 rings (SSSR count). The number of aromatic amines is 1. The largest absolute Gasteiger partial charge is 0.377 e. The molecule has 3 heterocycles. The molecule has 2 aromatic heterocycles. The first-order chi connectivity index (χ1) is 11.2. The molecule has 126 valence electrons. The number of H-pyrrole nitrogens is 1. The van der Waals surface area contributed by atoms with Crippen LogP contribution in [0.25, 0.3) is 0 Å². The molecule has 0 amide bonds. The van der Waals surface area contributed by atoms with Gasteiger partial charge in [0.15, 0.2) is 11.6 Å². The Labute approximate surface area is 136 Å². The predicted molar refractivity (Wildman–Crippen MR) is 84.5 cm³/mol. The van der Waals surface area contributed by atoms with E-state index >= 15 is 0 Å². The second-order valence-corrected chi connectivity index (χ2v) is 6.00. The van der Waals surface area contributed by atoms with E-state index in [4.69, 9.17) is 4.74 Å². The zero-order valence-corrected chi connectivity index (χ0v) is 14.1. The van der Waals surface area contributed by atoms with E-state index in [1.54, 1.807) is 7.11 Å². The molecule has 0 spiro atoms. The van der Waals surface area contributed by atoms with Crippen molar-refractivity contribution in [2.24, 2.45) is 7.05 Å². The van der Waals surface area contributed by atoms with Crippen molar-refractivity contribution in [1.82, 2.24) is 34.8 Å². The van der Waals surface area contributed by atoms with Gasteiger partial charge in [-0.05, 0) is 19.4 Å². The zero-order chi connectivity index (χ0) is 16.2. The van der Waals surface area contributed by atoms with E-state index < -0.39 is 0 Å². The lowest BCUT2D eigenvalue weighted by Gasteiger charge is -2.33. The molecule has 0 bridgehead atoms. The first-order valence-corrected chi connectivity index (χ1v) is 8.24. The fourth-order valence-corrected chi connectivity index (χ4v) is 3.16. The number of aryl methyl sites for hydroxylation is 1. The molecule has 8 heteroatoms. The summed E-state index contributed by atoms with van der Waals surface area (Å²) in [4.78, 5) is 6.99. The summed E-state index contributed by atoms with van der Waals surface area (Å²) in [7, 11) is 3.70. The van der Waals surface area contributed by atoms with Gasteiger partial charge >= 0.3 is 0 Å². The molecule has 0 aromatic carbocycles. The van der Waals surface area contributed by atoms with Gasteiger partial charge in [0.2, 0.25) is 0 Å². The molecule has 1 N–H and O–H groups in total. The SMILES string of the molecule is CCc1nnc(CN2CCCCC2c2n[nH]c(COC)n2)n1C. The third-order valence-corrected chi connectivity index (χ3v) is 4.46. The van der Waals surface area contributed by atoms with Gasteiger partial charge in [-0.25, -0.2) is 4.98 Å². The lowest BCUT2D eigenvalue weighted by atomic mass is 10.0. The highest BCUT2D eigenvalue weighted by Gasteiger charge is 2.28. The number of piperidine rings is 1. The number of hydrogen-bond donors (Lipinski definition) is 1. The van der Waals surface area contributed by atoms with E-state index in [2.05, 4.69) is 41.8 Å². The summed E-state index contributed by atoms with van der Waals surface area (Å²) in [6.45, 7) is 4.38. The number of ether oxygens (including phenoxy) is 1. The van der Waals surface area contributed by atoms with Gasteiger partial charge in [-0.15, -0.1) is 10.2 Å². The van der Waals surface area contributed by atoms with E-state index in [-0.39, 0.29) is 6.04 Å². The van der Waals surface area contributed by atoms with Crippen molar-refractivity contribution in [1.29, 1.82) is 0 Å². The maximum absolute atomic E-state index is 5.11. The van der Waals surface area contributed by atoms with Crippen LogP contribution in [0.2, 0.25) is 0 Å². The van der Waals surface area contributed by atoms with Gasteiger partial charge in [0.25, 0.3) is 0 Å². The lowest BCUT2D eigenvalue weighted by Crippen LogP contribution is -2.34. The van der Waals surface area contributed by atoms with Crippen molar-refractivity contribution in [2.45, 2.75) is 51.8 Å². The molecule has 1 unspecified atom stereocenters. The molecule has 1 saturated heterocycles. The Balaban J connectivity index is 1.76. The van der Waals surface area contributed by atoms with Gasteiger partial charge in [0.05, 0.1) is 12.6 Å². The maximum atomic E-state index is 5.11. The topological polar surface area (TPSA) is 84.8 Å². The Hall–Kier alpha value is -1.80. The lowest BCUT2D eigenvalue weighted by molar-refractivity contribution is 0.129. The van der Waals surface area contributed by atoms with Crippen molar-refractivity contribution in [2.75, 3.05) is 13.7 Å². The first-order valence-electron chi connectivity index (χ1n) is 8.24. The van der Waals surface area contributed by atoms with Gasteiger partial charge in [-0.1, -0.05) is 13.3 Å². The monoisotopic (exact) mass is 319 g/mol. The van der Waals surface area contributed by atoms with Gasteiger partial charge in [0, 0.05) is 20.6 Å². The summed E-state index contributed by atoms with van der Waals surface area (Å²) in [5.74, 6) is 3.66. The number of rotatable bonds is 6. The minimum atomic E-state index is 0.229. The van der Waals surface area contributed by atoms with Crippen LogP contribution in [0.1, 0.15) is 55.5 Å². The highest BCUT2D eigenvalue weighted by atomic mass is 16.5. The van der Waals surface area contributed by atoms with Crippen molar-refractivity contribution in [3.8, 4) is 0 Å². The van der Waals surface area contributed by atoms with Gasteiger partial charge < -0.3 is 9.30 Å². The van der Waals surface area contributed by atoms with Crippen LogP contribution in [0.15, 0.2) is 0 Å². The second kappa shape index (κ2) is 7.18. The molecule has 1 aliphatic rings. The van der Waals surface area contributed by atoms with E-state index in [1.807, 2.05) is 7.05 Å². The minimum Gasteiger partial charge on any atom is -0.377 e. The molecular weight excluding hydrogens is 294 g/mol. The fraction of sp³-hybridized carbons (Fsp3) is 0.733. The molecular formula is C15H25N7O. The van der Waals surface area contributed by atoms with Crippen LogP contribution in [0, 0.1) is 0 Å². The average Bonchev–Trinajstić information content (AvgIpc) is 3.16. The predicted octanol–water partition coefficient (Wildman–Crippen LogP) is 1.37. The molecule has 23 heavy (non-hydrogen) atoms. The Morgan fingerprint density at radius 2 is 2.09 bits per heavy atom. The van der Waals surface area contributed by atoms with Crippen molar-refractivity contribution >= 4 is 0 Å².